The topological polar surface area (TPSA) is 7.65 Å². The maximum absolute atomic E-state index is 2.37. The van der Waals surface area contributed by atoms with E-state index in [1.165, 1.54) is 71.7 Å². The van der Waals surface area contributed by atoms with Crippen LogP contribution >= 0.6 is 0 Å². The van der Waals surface area contributed by atoms with Crippen LogP contribution in [-0.2, 0) is 0 Å². The maximum atomic E-state index is 2.37. The van der Waals surface area contributed by atoms with E-state index in [0.29, 0.717) is 0 Å². The highest BCUT2D eigenvalue weighted by Gasteiger charge is 2.18. The fourth-order valence-electron chi connectivity index (χ4n) is 7.94. The van der Waals surface area contributed by atoms with Crippen LogP contribution in [0.25, 0.3) is 71.7 Å². The molecule has 0 fully saturated rings. The van der Waals surface area contributed by atoms with Gasteiger partial charge in [0.15, 0.2) is 0 Å². The molecule has 254 valence electrons. The summed E-state index contributed by atoms with van der Waals surface area (Å²) in [5.41, 5.74) is 15.5. The molecule has 0 radical (unpaired) electrons. The highest BCUT2D eigenvalue weighted by atomic mass is 15.1. The molecule has 54 heavy (non-hydrogen) atoms. The molecule has 0 saturated carbocycles. The number of rotatable bonds is 7. The van der Waals surface area contributed by atoms with Gasteiger partial charge in [-0.05, 0) is 92.9 Å². The van der Waals surface area contributed by atoms with Crippen molar-refractivity contribution in [3.05, 3.63) is 219 Å². The van der Waals surface area contributed by atoms with Crippen LogP contribution in [0.2, 0.25) is 0 Å². The minimum absolute atomic E-state index is 1.10. The zero-order valence-electron chi connectivity index (χ0n) is 29.7. The van der Waals surface area contributed by atoms with Crippen molar-refractivity contribution in [3.8, 4) is 44.5 Å². The molecule has 2 nitrogen and oxygen atoms in total. The normalized spacial score (nSPS) is 11.3. The third kappa shape index (κ3) is 5.62. The molecule has 0 aliphatic heterocycles. The molecule has 2 heterocycles. The first-order valence-corrected chi connectivity index (χ1v) is 18.5. The van der Waals surface area contributed by atoms with Gasteiger partial charge in [0.05, 0.1) is 11.0 Å². The van der Waals surface area contributed by atoms with Gasteiger partial charge in [-0.2, -0.15) is 0 Å². The van der Waals surface area contributed by atoms with Crippen LogP contribution < -0.4 is 4.90 Å². The summed E-state index contributed by atoms with van der Waals surface area (Å²) in [5, 5.41) is 3.76. The lowest BCUT2D eigenvalue weighted by molar-refractivity contribution is 1.27. The second-order valence-corrected chi connectivity index (χ2v) is 13.8. The lowest BCUT2D eigenvalue weighted by Gasteiger charge is -2.26. The molecule has 0 bridgehead atoms. The molecule has 0 aliphatic rings. The van der Waals surface area contributed by atoms with Gasteiger partial charge in [-0.15, -0.1) is 0 Å². The Morgan fingerprint density at radius 3 is 1.28 bits per heavy atom. The van der Waals surface area contributed by atoms with E-state index in [1.54, 1.807) is 0 Å². The van der Waals surface area contributed by atoms with Gasteiger partial charge in [0.25, 0.3) is 0 Å². The van der Waals surface area contributed by atoms with E-state index >= 15 is 0 Å². The number of pyridine rings is 1. The van der Waals surface area contributed by atoms with Crippen LogP contribution in [0.4, 0.5) is 17.1 Å². The zero-order chi connectivity index (χ0) is 35.8. The molecule has 8 aromatic carbocycles. The van der Waals surface area contributed by atoms with Gasteiger partial charge in [-0.3, -0.25) is 0 Å². The van der Waals surface area contributed by atoms with Gasteiger partial charge in [0.1, 0.15) is 0 Å². The molecule has 0 unspecified atom stereocenters. The van der Waals surface area contributed by atoms with Gasteiger partial charge in [0.2, 0.25) is 0 Å². The number of anilines is 3. The molecule has 0 N–H and O–H groups in total. The Morgan fingerprint density at radius 2 is 0.741 bits per heavy atom. The molecule has 10 rings (SSSR count). The second-order valence-electron chi connectivity index (χ2n) is 13.8. The van der Waals surface area contributed by atoms with Crippen LogP contribution in [-0.4, -0.2) is 4.40 Å². The van der Waals surface area contributed by atoms with Crippen molar-refractivity contribution in [2.24, 2.45) is 0 Å². The summed E-state index contributed by atoms with van der Waals surface area (Å²) in [6.07, 6.45) is 2.23. The highest BCUT2D eigenvalue weighted by Crippen LogP contribution is 2.41. The summed E-state index contributed by atoms with van der Waals surface area (Å²) in [4.78, 5) is 2.34. The molecule has 2 heteroatoms. The minimum Gasteiger partial charge on any atom is -0.315 e. The van der Waals surface area contributed by atoms with E-state index < -0.39 is 0 Å². The molecular formula is C52H36N2. The van der Waals surface area contributed by atoms with E-state index in [0.717, 1.165) is 17.1 Å². The van der Waals surface area contributed by atoms with Gasteiger partial charge in [0, 0.05) is 39.6 Å². The number of hydrogen-bond donors (Lipinski definition) is 0. The average molecular weight is 689 g/mol. The number of aromatic nitrogens is 1. The molecule has 0 aliphatic carbocycles. The summed E-state index contributed by atoms with van der Waals surface area (Å²) in [6.45, 7) is 0. The first-order chi connectivity index (χ1) is 26.8. The van der Waals surface area contributed by atoms with E-state index in [4.69, 9.17) is 0 Å². The summed E-state index contributed by atoms with van der Waals surface area (Å²) < 4.78 is 2.37. The van der Waals surface area contributed by atoms with Gasteiger partial charge >= 0.3 is 0 Å². The molecule has 0 amide bonds. The van der Waals surface area contributed by atoms with Crippen LogP contribution in [0, 0.1) is 0 Å². The lowest BCUT2D eigenvalue weighted by atomic mass is 9.98. The Morgan fingerprint density at radius 1 is 0.315 bits per heavy atom. The smallest absolute Gasteiger partial charge is 0.0619 e. The van der Waals surface area contributed by atoms with Gasteiger partial charge in [-0.1, -0.05) is 164 Å². The first-order valence-electron chi connectivity index (χ1n) is 18.5. The van der Waals surface area contributed by atoms with Crippen LogP contribution in [0.15, 0.2) is 219 Å². The lowest BCUT2D eigenvalue weighted by Crippen LogP contribution is -2.09. The number of benzene rings is 8. The van der Waals surface area contributed by atoms with E-state index in [1.807, 2.05) is 0 Å². The number of hydrogen-bond acceptors (Lipinski definition) is 1. The first kappa shape index (κ1) is 31.6. The van der Waals surface area contributed by atoms with Crippen molar-refractivity contribution >= 4 is 44.3 Å². The van der Waals surface area contributed by atoms with Crippen molar-refractivity contribution in [1.82, 2.24) is 4.40 Å². The van der Waals surface area contributed by atoms with E-state index in [-0.39, 0.29) is 0 Å². The Kier molecular flexibility index (Phi) is 7.85. The van der Waals surface area contributed by atoms with Crippen molar-refractivity contribution in [3.63, 3.8) is 0 Å². The predicted molar refractivity (Wildman–Crippen MR) is 229 cm³/mol. The molecule has 10 aromatic rings. The van der Waals surface area contributed by atoms with E-state index in [2.05, 4.69) is 228 Å². The SMILES string of the molecule is c1ccc(-c2ccc(N(c3ccc(-c4ccccc4)cc3)c3ccc(-c4ccc5c(-c6ccccc6)c6c7ccccc7ccn6c5c4)cc3)cc2)cc1. The van der Waals surface area contributed by atoms with Crippen molar-refractivity contribution in [2.75, 3.05) is 4.90 Å². The van der Waals surface area contributed by atoms with Crippen molar-refractivity contribution in [2.45, 2.75) is 0 Å². The van der Waals surface area contributed by atoms with Crippen LogP contribution in [0.1, 0.15) is 0 Å². The Bertz CT molecular complexity index is 2790. The standard InChI is InChI=1S/C52H36N2/c1-4-12-37(13-5-1)39-20-27-45(28-21-39)54(46-29-22-40(23-30-46)38-14-6-2-7-15-38)47-31-24-41(25-32-47)44-26-33-49-50(36-44)53-35-34-42-16-10-11-19-48(42)52(53)51(49)43-17-8-3-9-18-43/h1-36H. The fourth-order valence-corrected chi connectivity index (χ4v) is 7.94. The van der Waals surface area contributed by atoms with E-state index in [9.17, 15) is 0 Å². The maximum Gasteiger partial charge on any atom is 0.0619 e. The average Bonchev–Trinajstić information content (AvgIpc) is 3.60. The number of fused-ring (bicyclic) bond motifs is 5. The predicted octanol–water partition coefficient (Wildman–Crippen LogP) is 14.4. The third-order valence-corrected chi connectivity index (χ3v) is 10.6. The fraction of sp³-hybridized carbons (Fsp3) is 0. The molecule has 0 saturated heterocycles. The molecule has 2 aromatic heterocycles. The molecular weight excluding hydrogens is 653 g/mol. The quantitative estimate of drug-likeness (QED) is 0.162. The third-order valence-electron chi connectivity index (χ3n) is 10.6. The largest absolute Gasteiger partial charge is 0.315 e. The summed E-state index contributed by atoms with van der Waals surface area (Å²) in [5.74, 6) is 0. The highest BCUT2D eigenvalue weighted by molar-refractivity contribution is 6.15. The molecule has 0 atom stereocenters. The van der Waals surface area contributed by atoms with Gasteiger partial charge in [-0.25, -0.2) is 0 Å². The van der Waals surface area contributed by atoms with Gasteiger partial charge < -0.3 is 9.30 Å². The van der Waals surface area contributed by atoms with Crippen molar-refractivity contribution < 1.29 is 0 Å². The zero-order valence-corrected chi connectivity index (χ0v) is 29.7. The Hall–Kier alpha value is -7.16. The van der Waals surface area contributed by atoms with Crippen LogP contribution in [0.3, 0.4) is 0 Å². The minimum atomic E-state index is 1.10. The van der Waals surface area contributed by atoms with Crippen LogP contribution in [0.5, 0.6) is 0 Å². The van der Waals surface area contributed by atoms with Crippen molar-refractivity contribution in [1.29, 1.82) is 0 Å². The number of nitrogens with zero attached hydrogens (tertiary/aromatic N) is 2. The molecule has 0 spiro atoms. The second kappa shape index (κ2) is 13.4. The Labute approximate surface area is 315 Å². The Balaban J connectivity index is 1.06. The summed E-state index contributed by atoms with van der Waals surface area (Å²) in [7, 11) is 0. The monoisotopic (exact) mass is 688 g/mol. The summed E-state index contributed by atoms with van der Waals surface area (Å²) in [6, 6.07) is 76.5. The summed E-state index contributed by atoms with van der Waals surface area (Å²) >= 11 is 0.